The number of rotatable bonds is 4. The lowest BCUT2D eigenvalue weighted by atomic mass is 10.1. The van der Waals surface area contributed by atoms with Crippen molar-refractivity contribution in [2.45, 2.75) is 10.9 Å². The van der Waals surface area contributed by atoms with Gasteiger partial charge in [-0.05, 0) is 5.56 Å². The molecular formula is C12H12N4O2S. The summed E-state index contributed by atoms with van der Waals surface area (Å²) < 4.78 is 27.9. The first-order valence-corrected chi connectivity index (χ1v) is 6.97. The van der Waals surface area contributed by atoms with Gasteiger partial charge in [-0.15, -0.1) is 0 Å². The van der Waals surface area contributed by atoms with Crippen LogP contribution in [0.25, 0.3) is 0 Å². The quantitative estimate of drug-likeness (QED) is 0.901. The molecule has 2 rings (SSSR count). The molecule has 7 heteroatoms. The van der Waals surface area contributed by atoms with E-state index >= 15 is 0 Å². The van der Waals surface area contributed by atoms with Crippen LogP contribution in [0, 0.1) is 11.3 Å². The molecule has 1 heterocycles. The lowest BCUT2D eigenvalue weighted by molar-refractivity contribution is 0.575. The Morgan fingerprint density at radius 2 is 2.05 bits per heavy atom. The number of hydrogen-bond donors (Lipinski definition) is 1. The fraction of sp³-hybridized carbons (Fsp3) is 0.167. The summed E-state index contributed by atoms with van der Waals surface area (Å²) in [5.74, 6) is 0. The van der Waals surface area contributed by atoms with Crippen molar-refractivity contribution in [3.63, 3.8) is 0 Å². The molecule has 1 atom stereocenters. The zero-order chi connectivity index (χ0) is 13.9. The van der Waals surface area contributed by atoms with Crippen molar-refractivity contribution >= 4 is 10.0 Å². The number of hydrogen-bond acceptors (Lipinski definition) is 4. The maximum atomic E-state index is 12.1. The molecule has 0 saturated carbocycles. The van der Waals surface area contributed by atoms with Gasteiger partial charge in [-0.2, -0.15) is 15.1 Å². The molecule has 0 aliphatic carbocycles. The van der Waals surface area contributed by atoms with E-state index in [1.807, 2.05) is 6.07 Å². The van der Waals surface area contributed by atoms with Gasteiger partial charge in [-0.1, -0.05) is 30.3 Å². The van der Waals surface area contributed by atoms with Crippen LogP contribution in [-0.4, -0.2) is 18.2 Å². The molecule has 98 valence electrons. The van der Waals surface area contributed by atoms with E-state index in [-0.39, 0.29) is 4.90 Å². The lowest BCUT2D eigenvalue weighted by Gasteiger charge is -2.11. The van der Waals surface area contributed by atoms with Crippen molar-refractivity contribution in [3.8, 4) is 6.07 Å². The van der Waals surface area contributed by atoms with Gasteiger partial charge < -0.3 is 0 Å². The average molecular weight is 276 g/mol. The van der Waals surface area contributed by atoms with Crippen LogP contribution < -0.4 is 4.72 Å². The maximum absolute atomic E-state index is 12.1. The third-order valence-electron chi connectivity index (χ3n) is 2.53. The Labute approximate surface area is 111 Å². The molecule has 1 unspecified atom stereocenters. The Bertz CT molecular complexity index is 701. The number of benzene rings is 1. The van der Waals surface area contributed by atoms with Crippen molar-refractivity contribution in [2.75, 3.05) is 0 Å². The minimum atomic E-state index is -3.75. The van der Waals surface area contributed by atoms with Crippen molar-refractivity contribution in [1.29, 1.82) is 5.26 Å². The first-order valence-electron chi connectivity index (χ1n) is 5.48. The molecule has 0 spiro atoms. The monoisotopic (exact) mass is 276 g/mol. The molecule has 1 aromatic carbocycles. The van der Waals surface area contributed by atoms with E-state index in [2.05, 4.69) is 9.82 Å². The first kappa shape index (κ1) is 13.3. The topological polar surface area (TPSA) is 87.8 Å². The number of nitrogens with zero attached hydrogens (tertiary/aromatic N) is 3. The van der Waals surface area contributed by atoms with Gasteiger partial charge in [0.2, 0.25) is 10.0 Å². The van der Waals surface area contributed by atoms with Crippen LogP contribution in [0.15, 0.2) is 47.6 Å². The summed E-state index contributed by atoms with van der Waals surface area (Å²) in [4.78, 5) is 0.0335. The Morgan fingerprint density at radius 1 is 1.37 bits per heavy atom. The number of aromatic nitrogens is 2. The number of nitriles is 1. The van der Waals surface area contributed by atoms with Crippen LogP contribution in [0.1, 0.15) is 11.6 Å². The van der Waals surface area contributed by atoms with Gasteiger partial charge in [0.25, 0.3) is 0 Å². The highest BCUT2D eigenvalue weighted by molar-refractivity contribution is 7.89. The minimum Gasteiger partial charge on any atom is -0.274 e. The number of nitrogens with one attached hydrogen (secondary N) is 1. The molecule has 1 aromatic heterocycles. The molecule has 0 aliphatic heterocycles. The molecule has 19 heavy (non-hydrogen) atoms. The van der Waals surface area contributed by atoms with Crippen LogP contribution in [-0.2, 0) is 17.1 Å². The predicted octanol–water partition coefficient (Wildman–Crippen LogP) is 0.963. The SMILES string of the molecule is Cn1cc(S(=O)(=O)NC(C#N)c2ccccc2)cn1. The molecule has 0 radical (unpaired) electrons. The highest BCUT2D eigenvalue weighted by atomic mass is 32.2. The van der Waals surface area contributed by atoms with E-state index in [0.29, 0.717) is 5.56 Å². The highest BCUT2D eigenvalue weighted by Crippen LogP contribution is 2.15. The predicted molar refractivity (Wildman–Crippen MR) is 68.3 cm³/mol. The Balaban J connectivity index is 2.27. The van der Waals surface area contributed by atoms with E-state index in [9.17, 15) is 8.42 Å². The molecule has 6 nitrogen and oxygen atoms in total. The molecule has 1 N–H and O–H groups in total. The molecule has 2 aromatic rings. The standard InChI is InChI=1S/C12H12N4O2S/c1-16-9-11(8-14-16)19(17,18)15-12(7-13)10-5-3-2-4-6-10/h2-6,8-9,12,15H,1H3. The van der Waals surface area contributed by atoms with E-state index in [1.54, 1.807) is 37.4 Å². The summed E-state index contributed by atoms with van der Waals surface area (Å²) in [6, 6.07) is 9.69. The van der Waals surface area contributed by atoms with Crippen LogP contribution in [0.2, 0.25) is 0 Å². The Morgan fingerprint density at radius 3 is 2.58 bits per heavy atom. The summed E-state index contributed by atoms with van der Waals surface area (Å²) in [5, 5.41) is 12.9. The molecule has 0 bridgehead atoms. The summed E-state index contributed by atoms with van der Waals surface area (Å²) in [5.41, 5.74) is 0.595. The van der Waals surface area contributed by atoms with Gasteiger partial charge in [0.15, 0.2) is 0 Å². The molecule has 0 saturated heterocycles. The van der Waals surface area contributed by atoms with Gasteiger partial charge in [0, 0.05) is 13.2 Å². The molecule has 0 aliphatic rings. The Hall–Kier alpha value is -2.17. The minimum absolute atomic E-state index is 0.0335. The summed E-state index contributed by atoms with van der Waals surface area (Å²) >= 11 is 0. The molecule has 0 amide bonds. The fourth-order valence-corrected chi connectivity index (χ4v) is 2.69. The second kappa shape index (κ2) is 5.22. The lowest BCUT2D eigenvalue weighted by Crippen LogP contribution is -2.27. The van der Waals surface area contributed by atoms with Gasteiger partial charge in [-0.3, -0.25) is 4.68 Å². The third-order valence-corrected chi connectivity index (χ3v) is 3.90. The van der Waals surface area contributed by atoms with E-state index in [1.165, 1.54) is 17.1 Å². The van der Waals surface area contributed by atoms with Crippen LogP contribution in [0.3, 0.4) is 0 Å². The normalized spacial score (nSPS) is 12.8. The van der Waals surface area contributed by atoms with Crippen molar-refractivity contribution in [3.05, 3.63) is 48.3 Å². The van der Waals surface area contributed by atoms with Gasteiger partial charge in [0.05, 0.1) is 12.3 Å². The summed E-state index contributed by atoms with van der Waals surface area (Å²) in [6.45, 7) is 0. The van der Waals surface area contributed by atoms with E-state index < -0.39 is 16.1 Å². The van der Waals surface area contributed by atoms with E-state index in [4.69, 9.17) is 5.26 Å². The van der Waals surface area contributed by atoms with E-state index in [0.717, 1.165) is 0 Å². The third kappa shape index (κ3) is 2.99. The fourth-order valence-electron chi connectivity index (χ4n) is 1.58. The number of aryl methyl sites for hydroxylation is 1. The first-order chi connectivity index (χ1) is 9.03. The zero-order valence-electron chi connectivity index (χ0n) is 10.2. The van der Waals surface area contributed by atoms with Crippen LogP contribution >= 0.6 is 0 Å². The second-order valence-electron chi connectivity index (χ2n) is 3.94. The summed E-state index contributed by atoms with van der Waals surface area (Å²) in [7, 11) is -2.13. The summed E-state index contributed by atoms with van der Waals surface area (Å²) in [6.07, 6.45) is 2.61. The second-order valence-corrected chi connectivity index (χ2v) is 5.66. The van der Waals surface area contributed by atoms with Gasteiger partial charge >= 0.3 is 0 Å². The van der Waals surface area contributed by atoms with Crippen molar-refractivity contribution in [1.82, 2.24) is 14.5 Å². The van der Waals surface area contributed by atoms with Crippen molar-refractivity contribution in [2.24, 2.45) is 7.05 Å². The number of sulfonamides is 1. The van der Waals surface area contributed by atoms with Gasteiger partial charge in [-0.25, -0.2) is 8.42 Å². The largest absolute Gasteiger partial charge is 0.274 e. The molecule has 0 fully saturated rings. The maximum Gasteiger partial charge on any atom is 0.245 e. The van der Waals surface area contributed by atoms with Gasteiger partial charge in [0.1, 0.15) is 10.9 Å². The van der Waals surface area contributed by atoms with Crippen LogP contribution in [0.4, 0.5) is 0 Å². The zero-order valence-corrected chi connectivity index (χ0v) is 11.0. The van der Waals surface area contributed by atoms with Crippen molar-refractivity contribution < 1.29 is 8.42 Å². The van der Waals surface area contributed by atoms with Crippen LogP contribution in [0.5, 0.6) is 0 Å². The average Bonchev–Trinajstić information content (AvgIpc) is 2.85. The Kier molecular flexibility index (Phi) is 3.64. The molecular weight excluding hydrogens is 264 g/mol. The smallest absolute Gasteiger partial charge is 0.245 e. The highest BCUT2D eigenvalue weighted by Gasteiger charge is 2.22.